The molecule has 0 radical (unpaired) electrons. The fraction of sp³-hybridized carbons (Fsp3) is 0.500. The maximum absolute atomic E-state index is 11.8. The van der Waals surface area contributed by atoms with Crippen molar-refractivity contribution in [2.75, 3.05) is 0 Å². The molecule has 0 bridgehead atoms. The van der Waals surface area contributed by atoms with Gasteiger partial charge in [-0.25, -0.2) is 4.79 Å². The summed E-state index contributed by atoms with van der Waals surface area (Å²) in [6, 6.07) is 9.06. The van der Waals surface area contributed by atoms with Crippen LogP contribution in [0.25, 0.3) is 0 Å². The normalized spacial score (nSPS) is 16.4. The largest absolute Gasteiger partial charge is 0.481 e. The van der Waals surface area contributed by atoms with Crippen LogP contribution in [0.3, 0.4) is 0 Å². The van der Waals surface area contributed by atoms with Gasteiger partial charge in [0.2, 0.25) is 0 Å². The minimum absolute atomic E-state index is 0.0505. The third-order valence-electron chi connectivity index (χ3n) is 3.88. The molecular formula is C16H21NO4. The molecule has 2 N–H and O–H groups in total. The van der Waals surface area contributed by atoms with Crippen molar-refractivity contribution in [3.05, 3.63) is 35.9 Å². The molecule has 2 rings (SSSR count). The number of carboxylic acids is 1. The number of benzene rings is 1. The van der Waals surface area contributed by atoms with Gasteiger partial charge in [-0.3, -0.25) is 4.79 Å². The van der Waals surface area contributed by atoms with Crippen molar-refractivity contribution in [3.63, 3.8) is 0 Å². The Morgan fingerprint density at radius 2 is 1.90 bits per heavy atom. The van der Waals surface area contributed by atoms with E-state index in [-0.39, 0.29) is 25.0 Å². The van der Waals surface area contributed by atoms with E-state index in [1.54, 1.807) is 0 Å². The summed E-state index contributed by atoms with van der Waals surface area (Å²) in [5.74, 6) is -0.652. The number of carboxylic acid groups (broad SMARTS) is 1. The number of carbonyl (C=O) groups excluding carboxylic acids is 1. The summed E-state index contributed by atoms with van der Waals surface area (Å²) < 4.78 is 5.16. The van der Waals surface area contributed by atoms with Crippen molar-refractivity contribution >= 4 is 12.1 Å². The molecule has 0 aromatic heterocycles. The average Bonchev–Trinajstić information content (AvgIpc) is 2.99. The van der Waals surface area contributed by atoms with Gasteiger partial charge in [0.1, 0.15) is 6.61 Å². The number of nitrogens with one attached hydrogen (secondary N) is 1. The zero-order chi connectivity index (χ0) is 15.1. The molecule has 0 aliphatic heterocycles. The van der Waals surface area contributed by atoms with Gasteiger partial charge in [0.15, 0.2) is 0 Å². The molecule has 1 aliphatic carbocycles. The fourth-order valence-corrected chi connectivity index (χ4v) is 2.80. The van der Waals surface area contributed by atoms with E-state index in [0.29, 0.717) is 0 Å². The summed E-state index contributed by atoms with van der Waals surface area (Å²) in [6.45, 7) is 0.192. The van der Waals surface area contributed by atoms with Crippen LogP contribution in [0.5, 0.6) is 0 Å². The summed E-state index contributed by atoms with van der Waals surface area (Å²) in [4.78, 5) is 22.8. The third-order valence-corrected chi connectivity index (χ3v) is 3.88. The Morgan fingerprint density at radius 3 is 2.52 bits per heavy atom. The fourth-order valence-electron chi connectivity index (χ4n) is 2.80. The van der Waals surface area contributed by atoms with Crippen molar-refractivity contribution in [1.29, 1.82) is 0 Å². The monoisotopic (exact) mass is 291 g/mol. The van der Waals surface area contributed by atoms with Gasteiger partial charge in [0, 0.05) is 6.04 Å². The predicted molar refractivity (Wildman–Crippen MR) is 77.8 cm³/mol. The second-order valence-electron chi connectivity index (χ2n) is 5.45. The summed E-state index contributed by atoms with van der Waals surface area (Å²) in [5.41, 5.74) is 0.906. The molecule has 21 heavy (non-hydrogen) atoms. The van der Waals surface area contributed by atoms with Gasteiger partial charge >= 0.3 is 12.1 Å². The molecule has 5 heteroatoms. The Hall–Kier alpha value is -2.04. The highest BCUT2D eigenvalue weighted by Gasteiger charge is 2.28. The first-order valence-electron chi connectivity index (χ1n) is 7.34. The van der Waals surface area contributed by atoms with Crippen LogP contribution in [0.15, 0.2) is 30.3 Å². The van der Waals surface area contributed by atoms with Gasteiger partial charge in [0.25, 0.3) is 0 Å². The highest BCUT2D eigenvalue weighted by atomic mass is 16.5. The Labute approximate surface area is 124 Å². The van der Waals surface area contributed by atoms with Crippen LogP contribution in [0.2, 0.25) is 0 Å². The summed E-state index contributed by atoms with van der Waals surface area (Å²) >= 11 is 0. The minimum Gasteiger partial charge on any atom is -0.481 e. The second-order valence-corrected chi connectivity index (χ2v) is 5.45. The molecular weight excluding hydrogens is 270 g/mol. The number of aliphatic carboxylic acids is 1. The lowest BCUT2D eigenvalue weighted by Crippen LogP contribution is -2.41. The molecule has 1 atom stereocenters. The molecule has 0 heterocycles. The van der Waals surface area contributed by atoms with Crippen LogP contribution in [0.4, 0.5) is 4.79 Å². The van der Waals surface area contributed by atoms with Crippen molar-refractivity contribution in [2.24, 2.45) is 5.92 Å². The molecule has 0 unspecified atom stereocenters. The second kappa shape index (κ2) is 7.67. The van der Waals surface area contributed by atoms with Gasteiger partial charge in [-0.05, 0) is 24.3 Å². The van der Waals surface area contributed by atoms with Gasteiger partial charge in [-0.2, -0.15) is 0 Å². The number of alkyl carbamates (subject to hydrolysis) is 1. The number of carbonyl (C=O) groups is 2. The van der Waals surface area contributed by atoms with E-state index >= 15 is 0 Å². The highest BCUT2D eigenvalue weighted by molar-refractivity contribution is 5.71. The number of ether oxygens (including phenoxy) is 1. The van der Waals surface area contributed by atoms with Crippen molar-refractivity contribution < 1.29 is 19.4 Å². The zero-order valence-corrected chi connectivity index (χ0v) is 12.0. The van der Waals surface area contributed by atoms with Crippen LogP contribution >= 0.6 is 0 Å². The molecule has 1 aromatic carbocycles. The third kappa shape index (κ3) is 5.10. The summed E-state index contributed by atoms with van der Waals surface area (Å²) in [6.07, 6.45) is 3.54. The first kappa shape index (κ1) is 15.4. The topological polar surface area (TPSA) is 75.6 Å². The molecule has 1 aromatic rings. The molecule has 0 saturated heterocycles. The Bertz CT molecular complexity index is 468. The van der Waals surface area contributed by atoms with Gasteiger partial charge in [-0.15, -0.1) is 0 Å². The van der Waals surface area contributed by atoms with Crippen molar-refractivity contribution in [1.82, 2.24) is 5.32 Å². The van der Waals surface area contributed by atoms with E-state index < -0.39 is 12.1 Å². The van der Waals surface area contributed by atoms with Crippen molar-refractivity contribution in [2.45, 2.75) is 44.8 Å². The number of hydrogen-bond donors (Lipinski definition) is 2. The lowest BCUT2D eigenvalue weighted by Gasteiger charge is -2.22. The molecule has 1 fully saturated rings. The molecule has 1 amide bonds. The SMILES string of the molecule is O=C(O)C[C@@H](NC(=O)OCc1ccccc1)C1CCCC1. The van der Waals surface area contributed by atoms with Gasteiger partial charge in [-0.1, -0.05) is 43.2 Å². The Balaban J connectivity index is 1.83. The van der Waals surface area contributed by atoms with Crippen LogP contribution < -0.4 is 5.32 Å². The summed E-state index contributed by atoms with van der Waals surface area (Å²) in [5, 5.41) is 11.7. The Kier molecular flexibility index (Phi) is 5.60. The smallest absolute Gasteiger partial charge is 0.407 e. The van der Waals surface area contributed by atoms with Crippen molar-refractivity contribution in [3.8, 4) is 0 Å². The van der Waals surface area contributed by atoms with E-state index in [1.165, 1.54) is 0 Å². The minimum atomic E-state index is -0.893. The quantitative estimate of drug-likeness (QED) is 0.845. The molecule has 1 saturated carbocycles. The maximum atomic E-state index is 11.8. The number of hydrogen-bond acceptors (Lipinski definition) is 3. The van der Waals surface area contributed by atoms with Crippen LogP contribution in [0.1, 0.15) is 37.7 Å². The maximum Gasteiger partial charge on any atom is 0.407 e. The number of rotatable bonds is 6. The van der Waals surface area contributed by atoms with E-state index in [1.807, 2.05) is 30.3 Å². The van der Waals surface area contributed by atoms with Gasteiger partial charge < -0.3 is 15.2 Å². The number of amides is 1. The lowest BCUT2D eigenvalue weighted by atomic mass is 9.95. The molecule has 114 valence electrons. The average molecular weight is 291 g/mol. The Morgan fingerprint density at radius 1 is 1.24 bits per heavy atom. The van der Waals surface area contributed by atoms with Crippen LogP contribution in [-0.4, -0.2) is 23.2 Å². The van der Waals surface area contributed by atoms with E-state index in [9.17, 15) is 9.59 Å². The molecule has 0 spiro atoms. The summed E-state index contributed by atoms with van der Waals surface area (Å²) in [7, 11) is 0. The zero-order valence-electron chi connectivity index (χ0n) is 12.0. The van der Waals surface area contributed by atoms with Gasteiger partial charge in [0.05, 0.1) is 6.42 Å². The molecule has 1 aliphatic rings. The predicted octanol–water partition coefficient (Wildman–Crippen LogP) is 2.95. The van der Waals surface area contributed by atoms with Crippen LogP contribution in [0, 0.1) is 5.92 Å². The van der Waals surface area contributed by atoms with E-state index in [0.717, 1.165) is 31.2 Å². The van der Waals surface area contributed by atoms with E-state index in [2.05, 4.69) is 5.32 Å². The highest BCUT2D eigenvalue weighted by Crippen LogP contribution is 2.29. The van der Waals surface area contributed by atoms with Crippen LogP contribution in [-0.2, 0) is 16.1 Å². The lowest BCUT2D eigenvalue weighted by molar-refractivity contribution is -0.137. The first-order chi connectivity index (χ1) is 10.1. The standard InChI is InChI=1S/C16H21NO4/c18-15(19)10-14(13-8-4-5-9-13)17-16(20)21-11-12-6-2-1-3-7-12/h1-3,6-7,13-14H,4-5,8-11H2,(H,17,20)(H,18,19)/t14-/m1/s1. The first-order valence-corrected chi connectivity index (χ1v) is 7.34. The molecule has 5 nitrogen and oxygen atoms in total. The van der Waals surface area contributed by atoms with E-state index in [4.69, 9.17) is 9.84 Å².